The SMILES string of the molecule is Cc1cc(C)c2c(N)c(C(=O)NCc3ccc(F)cc3)sc2n1. The molecule has 0 atom stereocenters. The van der Waals surface area contributed by atoms with Crippen LogP contribution in [0.2, 0.25) is 0 Å². The number of aromatic nitrogens is 1. The molecule has 0 fully saturated rings. The maximum Gasteiger partial charge on any atom is 0.263 e. The molecule has 0 spiro atoms. The summed E-state index contributed by atoms with van der Waals surface area (Å²) in [4.78, 5) is 18.1. The van der Waals surface area contributed by atoms with Crippen molar-refractivity contribution in [2.24, 2.45) is 0 Å². The van der Waals surface area contributed by atoms with Gasteiger partial charge in [-0.05, 0) is 43.2 Å². The zero-order chi connectivity index (χ0) is 16.6. The fourth-order valence-electron chi connectivity index (χ4n) is 2.50. The molecular weight excluding hydrogens is 313 g/mol. The Hall–Kier alpha value is -2.47. The van der Waals surface area contributed by atoms with Crippen LogP contribution in [0, 0.1) is 19.7 Å². The number of nitrogen functional groups attached to an aromatic ring is 1. The molecule has 118 valence electrons. The average molecular weight is 329 g/mol. The number of hydrogen-bond donors (Lipinski definition) is 2. The summed E-state index contributed by atoms with van der Waals surface area (Å²) in [6, 6.07) is 7.96. The van der Waals surface area contributed by atoms with Crippen molar-refractivity contribution in [3.8, 4) is 0 Å². The van der Waals surface area contributed by atoms with Crippen molar-refractivity contribution in [1.82, 2.24) is 10.3 Å². The first-order valence-corrected chi connectivity index (χ1v) is 7.96. The summed E-state index contributed by atoms with van der Waals surface area (Å²) < 4.78 is 12.9. The third-order valence-electron chi connectivity index (χ3n) is 3.60. The molecule has 0 saturated carbocycles. The van der Waals surface area contributed by atoms with Gasteiger partial charge in [-0.2, -0.15) is 0 Å². The highest BCUT2D eigenvalue weighted by Crippen LogP contribution is 2.34. The number of halogens is 1. The monoisotopic (exact) mass is 329 g/mol. The van der Waals surface area contributed by atoms with Gasteiger partial charge in [0, 0.05) is 17.6 Å². The summed E-state index contributed by atoms with van der Waals surface area (Å²) in [7, 11) is 0. The Balaban J connectivity index is 1.85. The molecule has 3 aromatic rings. The van der Waals surface area contributed by atoms with Gasteiger partial charge in [-0.15, -0.1) is 11.3 Å². The number of nitrogens with one attached hydrogen (secondary N) is 1. The van der Waals surface area contributed by atoms with Gasteiger partial charge in [-0.25, -0.2) is 9.37 Å². The number of fused-ring (bicyclic) bond motifs is 1. The van der Waals surface area contributed by atoms with E-state index in [1.54, 1.807) is 12.1 Å². The number of carbonyl (C=O) groups is 1. The lowest BCUT2D eigenvalue weighted by Crippen LogP contribution is -2.22. The smallest absolute Gasteiger partial charge is 0.263 e. The third-order valence-corrected chi connectivity index (χ3v) is 4.69. The van der Waals surface area contributed by atoms with Crippen molar-refractivity contribution >= 4 is 33.1 Å². The van der Waals surface area contributed by atoms with Crippen LogP contribution in [-0.2, 0) is 6.54 Å². The number of nitrogens with two attached hydrogens (primary N) is 1. The van der Waals surface area contributed by atoms with Gasteiger partial charge in [0.1, 0.15) is 15.5 Å². The van der Waals surface area contributed by atoms with Crippen LogP contribution in [-0.4, -0.2) is 10.9 Å². The van der Waals surface area contributed by atoms with Crippen molar-refractivity contribution < 1.29 is 9.18 Å². The Kier molecular flexibility index (Phi) is 4.00. The minimum absolute atomic E-state index is 0.244. The molecule has 4 nitrogen and oxygen atoms in total. The van der Waals surface area contributed by atoms with E-state index < -0.39 is 0 Å². The van der Waals surface area contributed by atoms with Crippen molar-refractivity contribution in [2.45, 2.75) is 20.4 Å². The molecule has 3 N–H and O–H groups in total. The molecule has 2 aromatic heterocycles. The Bertz CT molecular complexity index is 887. The number of thiophene rings is 1. The Labute approximate surface area is 137 Å². The quantitative estimate of drug-likeness (QED) is 0.772. The number of aryl methyl sites for hydroxylation is 2. The molecule has 2 heterocycles. The molecule has 0 aliphatic heterocycles. The first-order chi connectivity index (χ1) is 11.0. The number of anilines is 1. The molecular formula is C17H16FN3OS. The van der Waals surface area contributed by atoms with Gasteiger partial charge in [0.15, 0.2) is 0 Å². The van der Waals surface area contributed by atoms with Gasteiger partial charge in [-0.1, -0.05) is 12.1 Å². The van der Waals surface area contributed by atoms with Gasteiger partial charge in [-0.3, -0.25) is 4.79 Å². The number of pyridine rings is 1. The van der Waals surface area contributed by atoms with Gasteiger partial charge in [0.05, 0.1) is 5.69 Å². The molecule has 0 saturated heterocycles. The fraction of sp³-hybridized carbons (Fsp3) is 0.176. The first kappa shape index (κ1) is 15.4. The zero-order valence-electron chi connectivity index (χ0n) is 12.8. The van der Waals surface area contributed by atoms with Crippen LogP contribution in [0.3, 0.4) is 0 Å². The number of rotatable bonds is 3. The number of nitrogens with zero attached hydrogens (tertiary/aromatic N) is 1. The van der Waals surface area contributed by atoms with Gasteiger partial charge < -0.3 is 11.1 Å². The van der Waals surface area contributed by atoms with Crippen LogP contribution in [0.5, 0.6) is 0 Å². The average Bonchev–Trinajstić information content (AvgIpc) is 2.83. The van der Waals surface area contributed by atoms with Crippen molar-refractivity contribution in [3.05, 3.63) is 57.8 Å². The second kappa shape index (κ2) is 5.96. The molecule has 0 aliphatic carbocycles. The van der Waals surface area contributed by atoms with Gasteiger partial charge >= 0.3 is 0 Å². The maximum atomic E-state index is 12.9. The van der Waals surface area contributed by atoms with Gasteiger partial charge in [0.25, 0.3) is 5.91 Å². The van der Waals surface area contributed by atoms with E-state index in [0.717, 1.165) is 27.0 Å². The van der Waals surface area contributed by atoms with Crippen LogP contribution in [0.4, 0.5) is 10.1 Å². The number of benzene rings is 1. The molecule has 23 heavy (non-hydrogen) atoms. The zero-order valence-corrected chi connectivity index (χ0v) is 13.6. The summed E-state index contributed by atoms with van der Waals surface area (Å²) in [6.45, 7) is 4.19. The summed E-state index contributed by atoms with van der Waals surface area (Å²) in [5, 5.41) is 3.65. The second-order valence-electron chi connectivity index (χ2n) is 5.41. The maximum absolute atomic E-state index is 12.9. The number of hydrogen-bond acceptors (Lipinski definition) is 4. The number of amides is 1. The van der Waals surface area contributed by atoms with E-state index in [-0.39, 0.29) is 11.7 Å². The van der Waals surface area contributed by atoms with E-state index >= 15 is 0 Å². The lowest BCUT2D eigenvalue weighted by Gasteiger charge is -2.05. The topological polar surface area (TPSA) is 68.0 Å². The highest BCUT2D eigenvalue weighted by Gasteiger charge is 2.18. The molecule has 1 aromatic carbocycles. The molecule has 1 amide bonds. The van der Waals surface area contributed by atoms with Crippen LogP contribution < -0.4 is 11.1 Å². The van der Waals surface area contributed by atoms with Crippen LogP contribution in [0.15, 0.2) is 30.3 Å². The highest BCUT2D eigenvalue weighted by molar-refractivity contribution is 7.21. The van der Waals surface area contributed by atoms with E-state index in [0.29, 0.717) is 17.1 Å². The number of carbonyl (C=O) groups excluding carboxylic acids is 1. The molecule has 0 unspecified atom stereocenters. The lowest BCUT2D eigenvalue weighted by atomic mass is 10.1. The largest absolute Gasteiger partial charge is 0.397 e. The van der Waals surface area contributed by atoms with E-state index in [2.05, 4.69) is 10.3 Å². The predicted molar refractivity (Wildman–Crippen MR) is 91.1 cm³/mol. The minimum atomic E-state index is -0.300. The van der Waals surface area contributed by atoms with Crippen molar-refractivity contribution in [2.75, 3.05) is 5.73 Å². The normalized spacial score (nSPS) is 10.9. The second-order valence-corrected chi connectivity index (χ2v) is 6.41. The highest BCUT2D eigenvalue weighted by atomic mass is 32.1. The van der Waals surface area contributed by atoms with Gasteiger partial charge in [0.2, 0.25) is 0 Å². The summed E-state index contributed by atoms with van der Waals surface area (Å²) in [5.74, 6) is -0.544. The van der Waals surface area contributed by atoms with Crippen molar-refractivity contribution in [1.29, 1.82) is 0 Å². The molecule has 0 bridgehead atoms. The minimum Gasteiger partial charge on any atom is -0.397 e. The van der Waals surface area contributed by atoms with Crippen LogP contribution in [0.1, 0.15) is 26.5 Å². The molecule has 0 radical (unpaired) electrons. The fourth-order valence-corrected chi connectivity index (χ4v) is 3.64. The summed E-state index contributed by atoms with van der Waals surface area (Å²) in [5.41, 5.74) is 9.34. The molecule has 3 rings (SSSR count). The van der Waals surface area contributed by atoms with E-state index in [4.69, 9.17) is 5.73 Å². The predicted octanol–water partition coefficient (Wildman–Crippen LogP) is 3.56. The van der Waals surface area contributed by atoms with E-state index in [9.17, 15) is 9.18 Å². The summed E-state index contributed by atoms with van der Waals surface area (Å²) in [6.07, 6.45) is 0. The van der Waals surface area contributed by atoms with E-state index in [1.165, 1.54) is 23.5 Å². The van der Waals surface area contributed by atoms with E-state index in [1.807, 2.05) is 19.9 Å². The Morgan fingerprint density at radius 3 is 2.70 bits per heavy atom. The Morgan fingerprint density at radius 1 is 1.30 bits per heavy atom. The summed E-state index contributed by atoms with van der Waals surface area (Å²) >= 11 is 1.29. The van der Waals surface area contributed by atoms with Crippen LogP contribution in [0.25, 0.3) is 10.2 Å². The third kappa shape index (κ3) is 3.03. The first-order valence-electron chi connectivity index (χ1n) is 7.14. The van der Waals surface area contributed by atoms with Crippen molar-refractivity contribution in [3.63, 3.8) is 0 Å². The van der Waals surface area contributed by atoms with Crippen LogP contribution >= 0.6 is 11.3 Å². The standard InChI is InChI=1S/C17H16FN3OS/c1-9-7-10(2)21-17-13(9)14(19)15(23-17)16(22)20-8-11-3-5-12(18)6-4-11/h3-7H,8,19H2,1-2H3,(H,20,22). The molecule has 6 heteroatoms. The Morgan fingerprint density at radius 2 is 2.00 bits per heavy atom. The lowest BCUT2D eigenvalue weighted by molar-refractivity contribution is 0.0956. The molecule has 0 aliphatic rings.